The summed E-state index contributed by atoms with van der Waals surface area (Å²) in [7, 11) is 1.88. The Balaban J connectivity index is 0.00000176. The summed E-state index contributed by atoms with van der Waals surface area (Å²) >= 11 is 0. The molecule has 0 aromatic carbocycles. The van der Waals surface area contributed by atoms with Crippen molar-refractivity contribution in [3.63, 3.8) is 0 Å². The Labute approximate surface area is 152 Å². The number of nitrogens with one attached hydrogen (secondary N) is 2. The van der Waals surface area contributed by atoms with Gasteiger partial charge in [0.25, 0.3) is 0 Å². The van der Waals surface area contributed by atoms with E-state index in [0.717, 1.165) is 18.5 Å². The number of rotatable bonds is 2. The van der Waals surface area contributed by atoms with Gasteiger partial charge in [0.15, 0.2) is 5.96 Å². The lowest BCUT2D eigenvalue weighted by Gasteiger charge is -2.55. The van der Waals surface area contributed by atoms with Gasteiger partial charge in [-0.3, -0.25) is 4.99 Å². The smallest absolute Gasteiger partial charge is 0.191 e. The second-order valence-electron chi connectivity index (χ2n) is 7.87. The van der Waals surface area contributed by atoms with Crippen molar-refractivity contribution in [2.24, 2.45) is 22.2 Å². The summed E-state index contributed by atoms with van der Waals surface area (Å²) in [6.07, 6.45) is 6.87. The SMILES string of the molecule is CN=C(NC1CCCC(C)C1)NC1C2CCOC2C1(C)C.I. The molecule has 1 aliphatic heterocycles. The van der Waals surface area contributed by atoms with Gasteiger partial charge in [0.1, 0.15) is 0 Å². The Morgan fingerprint density at radius 1 is 1.18 bits per heavy atom. The van der Waals surface area contributed by atoms with Gasteiger partial charge in [-0.15, -0.1) is 24.0 Å². The molecule has 5 heteroatoms. The van der Waals surface area contributed by atoms with E-state index in [2.05, 4.69) is 36.4 Å². The normalized spacial score (nSPS) is 40.2. The number of ether oxygens (including phenoxy) is 1. The van der Waals surface area contributed by atoms with Crippen LogP contribution in [0.2, 0.25) is 0 Å². The van der Waals surface area contributed by atoms with E-state index in [9.17, 15) is 0 Å². The number of hydrogen-bond acceptors (Lipinski definition) is 2. The third kappa shape index (κ3) is 3.40. The van der Waals surface area contributed by atoms with Crippen molar-refractivity contribution < 1.29 is 4.74 Å². The molecule has 3 rings (SSSR count). The number of aliphatic imine (C=N–C) groups is 1. The lowest BCUT2D eigenvalue weighted by molar-refractivity contribution is -0.106. The number of hydrogen-bond donors (Lipinski definition) is 2. The lowest BCUT2D eigenvalue weighted by Crippen LogP contribution is -2.68. The van der Waals surface area contributed by atoms with Crippen LogP contribution >= 0.6 is 24.0 Å². The minimum Gasteiger partial charge on any atom is -0.377 e. The van der Waals surface area contributed by atoms with Crippen molar-refractivity contribution in [2.45, 2.75) is 71.1 Å². The molecule has 0 aromatic rings. The minimum atomic E-state index is 0. The molecule has 5 atom stereocenters. The minimum absolute atomic E-state index is 0. The maximum absolute atomic E-state index is 5.88. The van der Waals surface area contributed by atoms with Crippen LogP contribution in [0.5, 0.6) is 0 Å². The van der Waals surface area contributed by atoms with Gasteiger partial charge in [-0.1, -0.05) is 33.6 Å². The van der Waals surface area contributed by atoms with Gasteiger partial charge in [0.2, 0.25) is 0 Å². The van der Waals surface area contributed by atoms with E-state index >= 15 is 0 Å². The van der Waals surface area contributed by atoms with E-state index in [1.807, 2.05) is 7.05 Å². The quantitative estimate of drug-likeness (QED) is 0.409. The molecular weight excluding hydrogens is 389 g/mol. The molecule has 1 heterocycles. The molecule has 2 aliphatic carbocycles. The average Bonchev–Trinajstić information content (AvgIpc) is 2.90. The fourth-order valence-electron chi connectivity index (χ4n) is 4.69. The zero-order chi connectivity index (χ0) is 15.0. The maximum Gasteiger partial charge on any atom is 0.191 e. The summed E-state index contributed by atoms with van der Waals surface area (Å²) in [5, 5.41) is 7.34. The van der Waals surface area contributed by atoms with Crippen LogP contribution in [-0.2, 0) is 4.74 Å². The van der Waals surface area contributed by atoms with Crippen molar-refractivity contribution in [1.29, 1.82) is 0 Å². The van der Waals surface area contributed by atoms with Crippen LogP contribution in [-0.4, -0.2) is 37.8 Å². The summed E-state index contributed by atoms with van der Waals surface area (Å²) < 4.78 is 5.88. The zero-order valence-electron chi connectivity index (χ0n) is 14.4. The van der Waals surface area contributed by atoms with E-state index in [-0.39, 0.29) is 29.4 Å². The summed E-state index contributed by atoms with van der Waals surface area (Å²) in [4.78, 5) is 4.46. The molecule has 3 aliphatic rings. The highest BCUT2D eigenvalue weighted by atomic mass is 127. The van der Waals surface area contributed by atoms with Gasteiger partial charge in [-0.2, -0.15) is 0 Å². The van der Waals surface area contributed by atoms with Gasteiger partial charge < -0.3 is 15.4 Å². The van der Waals surface area contributed by atoms with Crippen molar-refractivity contribution in [3.8, 4) is 0 Å². The van der Waals surface area contributed by atoms with Crippen LogP contribution in [0.3, 0.4) is 0 Å². The summed E-state index contributed by atoms with van der Waals surface area (Å²) in [6.45, 7) is 7.91. The van der Waals surface area contributed by atoms with Gasteiger partial charge >= 0.3 is 0 Å². The first-order valence-electron chi connectivity index (χ1n) is 8.64. The highest BCUT2D eigenvalue weighted by Gasteiger charge is 2.59. The Bertz CT molecular complexity index is 413. The number of nitrogens with zero attached hydrogens (tertiary/aromatic N) is 1. The third-order valence-electron chi connectivity index (χ3n) is 5.89. The standard InChI is InChI=1S/C17H31N3O.HI/c1-11-6-5-7-12(10-11)19-16(18-4)20-14-13-8-9-21-15(13)17(14,2)3;/h11-15H,5-10H2,1-4H3,(H2,18,19,20);1H. The van der Waals surface area contributed by atoms with Crippen LogP contribution in [0.4, 0.5) is 0 Å². The largest absolute Gasteiger partial charge is 0.377 e. The maximum atomic E-state index is 5.88. The second-order valence-corrected chi connectivity index (χ2v) is 7.87. The molecule has 22 heavy (non-hydrogen) atoms. The summed E-state index contributed by atoms with van der Waals surface area (Å²) in [6, 6.07) is 1.07. The molecular formula is C17H32IN3O. The number of fused-ring (bicyclic) bond motifs is 1. The molecule has 0 bridgehead atoms. The van der Waals surface area contributed by atoms with Crippen molar-refractivity contribution in [2.75, 3.05) is 13.7 Å². The van der Waals surface area contributed by atoms with E-state index in [1.165, 1.54) is 32.1 Å². The van der Waals surface area contributed by atoms with Crippen LogP contribution in [0.25, 0.3) is 0 Å². The Morgan fingerprint density at radius 2 is 1.95 bits per heavy atom. The zero-order valence-corrected chi connectivity index (χ0v) is 16.7. The van der Waals surface area contributed by atoms with Crippen molar-refractivity contribution in [3.05, 3.63) is 0 Å². The predicted octanol–water partition coefficient (Wildman–Crippen LogP) is 3.16. The van der Waals surface area contributed by atoms with Crippen LogP contribution in [0, 0.1) is 17.3 Å². The lowest BCUT2D eigenvalue weighted by atomic mass is 9.57. The van der Waals surface area contributed by atoms with Crippen LogP contribution in [0.15, 0.2) is 4.99 Å². The molecule has 0 radical (unpaired) electrons. The predicted molar refractivity (Wildman–Crippen MR) is 102 cm³/mol. The Kier molecular flexibility index (Phi) is 6.02. The van der Waals surface area contributed by atoms with E-state index < -0.39 is 0 Å². The van der Waals surface area contributed by atoms with Crippen molar-refractivity contribution in [1.82, 2.24) is 10.6 Å². The van der Waals surface area contributed by atoms with E-state index in [4.69, 9.17) is 4.74 Å². The molecule has 5 unspecified atom stereocenters. The van der Waals surface area contributed by atoms with Gasteiger partial charge in [0, 0.05) is 37.1 Å². The number of guanidine groups is 1. The van der Waals surface area contributed by atoms with Gasteiger partial charge in [0.05, 0.1) is 6.10 Å². The highest BCUT2D eigenvalue weighted by Crippen LogP contribution is 2.52. The Morgan fingerprint density at radius 3 is 2.64 bits per heavy atom. The fraction of sp³-hybridized carbons (Fsp3) is 0.941. The summed E-state index contributed by atoms with van der Waals surface area (Å²) in [5.41, 5.74) is 0.207. The molecule has 128 valence electrons. The molecule has 2 saturated carbocycles. The molecule has 2 N–H and O–H groups in total. The molecule has 0 aromatic heterocycles. The molecule has 4 nitrogen and oxygen atoms in total. The first-order valence-corrected chi connectivity index (χ1v) is 8.64. The highest BCUT2D eigenvalue weighted by molar-refractivity contribution is 14.0. The third-order valence-corrected chi connectivity index (χ3v) is 5.89. The van der Waals surface area contributed by atoms with E-state index in [0.29, 0.717) is 24.1 Å². The van der Waals surface area contributed by atoms with Gasteiger partial charge in [-0.25, -0.2) is 0 Å². The first kappa shape index (κ1) is 18.3. The molecule has 0 amide bonds. The van der Waals surface area contributed by atoms with Gasteiger partial charge in [-0.05, 0) is 25.2 Å². The molecule has 1 saturated heterocycles. The summed E-state index contributed by atoms with van der Waals surface area (Å²) in [5.74, 6) is 2.48. The molecule has 3 fully saturated rings. The monoisotopic (exact) mass is 421 g/mol. The fourth-order valence-corrected chi connectivity index (χ4v) is 4.69. The Hall–Kier alpha value is -0.0400. The van der Waals surface area contributed by atoms with Crippen LogP contribution < -0.4 is 10.6 Å². The first-order chi connectivity index (χ1) is 10.0. The topological polar surface area (TPSA) is 45.7 Å². The van der Waals surface area contributed by atoms with Crippen molar-refractivity contribution >= 4 is 29.9 Å². The van der Waals surface area contributed by atoms with Crippen LogP contribution in [0.1, 0.15) is 52.9 Å². The average molecular weight is 421 g/mol. The molecule has 0 spiro atoms. The number of halogens is 1. The van der Waals surface area contributed by atoms with E-state index in [1.54, 1.807) is 0 Å². The second kappa shape index (κ2) is 7.24.